The van der Waals surface area contributed by atoms with E-state index in [4.69, 9.17) is 0 Å². The zero-order valence-electron chi connectivity index (χ0n) is 12.4. The van der Waals surface area contributed by atoms with Gasteiger partial charge in [-0.1, -0.05) is 0 Å². The Labute approximate surface area is 123 Å². The molecule has 2 aliphatic rings. The van der Waals surface area contributed by atoms with Gasteiger partial charge in [0.2, 0.25) is 5.91 Å². The van der Waals surface area contributed by atoms with E-state index in [-0.39, 0.29) is 24.2 Å². The molecule has 0 aromatic rings. The second-order valence-corrected chi connectivity index (χ2v) is 6.21. The van der Waals surface area contributed by atoms with Gasteiger partial charge in [0.25, 0.3) is 5.91 Å². The number of hydrogen-bond donors (Lipinski definition) is 2. The smallest absolute Gasteiger partial charge is 0.309 e. The van der Waals surface area contributed by atoms with Crippen LogP contribution in [0.15, 0.2) is 5.10 Å². The molecular weight excluding hydrogens is 274 g/mol. The van der Waals surface area contributed by atoms with E-state index in [1.165, 1.54) is 0 Å². The molecule has 0 aromatic heterocycles. The monoisotopic (exact) mass is 295 g/mol. The number of carboxylic acid groups (broad SMARTS) is 1. The van der Waals surface area contributed by atoms with Gasteiger partial charge in [-0.25, -0.2) is 5.43 Å². The van der Waals surface area contributed by atoms with Crippen LogP contribution in [0.4, 0.5) is 0 Å². The Morgan fingerprint density at radius 3 is 2.67 bits per heavy atom. The molecule has 1 unspecified atom stereocenters. The van der Waals surface area contributed by atoms with Crippen molar-refractivity contribution in [2.24, 2.45) is 16.4 Å². The highest BCUT2D eigenvalue weighted by Gasteiger charge is 2.40. The lowest BCUT2D eigenvalue weighted by molar-refractivity contribution is -0.152. The molecule has 2 amide bonds. The van der Waals surface area contributed by atoms with E-state index in [1.807, 2.05) is 0 Å². The lowest BCUT2D eigenvalue weighted by atomic mass is 9.74. The van der Waals surface area contributed by atoms with Crippen LogP contribution in [0.2, 0.25) is 0 Å². The molecule has 0 spiro atoms. The maximum absolute atomic E-state index is 12.4. The molecule has 0 aromatic carbocycles. The second-order valence-electron chi connectivity index (χ2n) is 6.21. The van der Waals surface area contributed by atoms with Crippen molar-refractivity contribution in [3.8, 4) is 0 Å². The van der Waals surface area contributed by atoms with Gasteiger partial charge in [-0.15, -0.1) is 0 Å². The molecule has 1 fully saturated rings. The number of piperidine rings is 1. The first kappa shape index (κ1) is 15.5. The normalized spacial score (nSPS) is 23.3. The molecule has 2 heterocycles. The summed E-state index contributed by atoms with van der Waals surface area (Å²) in [7, 11) is 0. The highest BCUT2D eigenvalue weighted by molar-refractivity contribution is 6.39. The Balaban J connectivity index is 2.06. The van der Waals surface area contributed by atoms with Crippen molar-refractivity contribution in [1.82, 2.24) is 10.3 Å². The maximum atomic E-state index is 12.4. The first-order chi connectivity index (χ1) is 9.82. The van der Waals surface area contributed by atoms with E-state index in [0.717, 1.165) is 12.8 Å². The molecule has 2 aliphatic heterocycles. The van der Waals surface area contributed by atoms with Crippen molar-refractivity contribution in [3.05, 3.63) is 0 Å². The number of rotatable bonds is 3. The van der Waals surface area contributed by atoms with Gasteiger partial charge in [-0.2, -0.15) is 5.10 Å². The Kier molecular flexibility index (Phi) is 4.29. The van der Waals surface area contributed by atoms with Gasteiger partial charge in [0, 0.05) is 25.9 Å². The summed E-state index contributed by atoms with van der Waals surface area (Å²) >= 11 is 0. The van der Waals surface area contributed by atoms with Crippen LogP contribution in [0.3, 0.4) is 0 Å². The van der Waals surface area contributed by atoms with Gasteiger partial charge in [0.05, 0.1) is 5.41 Å². The van der Waals surface area contributed by atoms with Crippen LogP contribution in [0.25, 0.3) is 0 Å². The molecule has 0 radical (unpaired) electrons. The number of amides is 2. The van der Waals surface area contributed by atoms with Crippen molar-refractivity contribution in [1.29, 1.82) is 0 Å². The average Bonchev–Trinajstić information content (AvgIpc) is 2.47. The topological polar surface area (TPSA) is 99.1 Å². The number of hydrazone groups is 1. The molecule has 7 nitrogen and oxygen atoms in total. The van der Waals surface area contributed by atoms with Crippen LogP contribution < -0.4 is 5.43 Å². The molecular formula is C14H21N3O4. The minimum Gasteiger partial charge on any atom is -0.481 e. The summed E-state index contributed by atoms with van der Waals surface area (Å²) in [6.07, 6.45) is 2.19. The third kappa shape index (κ3) is 3.22. The molecule has 116 valence electrons. The fraction of sp³-hybridized carbons (Fsp3) is 0.714. The molecule has 0 aliphatic carbocycles. The molecule has 21 heavy (non-hydrogen) atoms. The average molecular weight is 295 g/mol. The number of nitrogens with zero attached hydrogens (tertiary/aromatic N) is 2. The van der Waals surface area contributed by atoms with Crippen molar-refractivity contribution in [2.75, 3.05) is 13.1 Å². The summed E-state index contributed by atoms with van der Waals surface area (Å²) in [5.74, 6) is -1.30. The summed E-state index contributed by atoms with van der Waals surface area (Å²) in [5.41, 5.74) is 1.81. The zero-order chi connectivity index (χ0) is 15.6. The lowest BCUT2D eigenvalue weighted by Crippen LogP contribution is -2.49. The molecule has 2 rings (SSSR count). The Morgan fingerprint density at radius 1 is 1.38 bits per heavy atom. The number of carboxylic acids is 1. The first-order valence-corrected chi connectivity index (χ1v) is 7.20. The van der Waals surface area contributed by atoms with Gasteiger partial charge in [-0.3, -0.25) is 14.4 Å². The Bertz CT molecular complexity index is 498. The predicted octanol–water partition coefficient (Wildman–Crippen LogP) is 0.602. The van der Waals surface area contributed by atoms with Gasteiger partial charge in [0.1, 0.15) is 5.71 Å². The van der Waals surface area contributed by atoms with Crippen molar-refractivity contribution >= 4 is 23.5 Å². The van der Waals surface area contributed by atoms with E-state index in [0.29, 0.717) is 25.2 Å². The highest BCUT2D eigenvalue weighted by atomic mass is 16.4. The van der Waals surface area contributed by atoms with E-state index in [2.05, 4.69) is 10.5 Å². The van der Waals surface area contributed by atoms with E-state index in [9.17, 15) is 19.5 Å². The number of carbonyl (C=O) groups excluding carboxylic acids is 2. The van der Waals surface area contributed by atoms with E-state index in [1.54, 1.807) is 18.7 Å². The predicted molar refractivity (Wildman–Crippen MR) is 75.5 cm³/mol. The zero-order valence-corrected chi connectivity index (χ0v) is 12.4. The maximum Gasteiger partial charge on any atom is 0.309 e. The quantitative estimate of drug-likeness (QED) is 0.796. The second kappa shape index (κ2) is 5.83. The summed E-state index contributed by atoms with van der Waals surface area (Å²) in [4.78, 5) is 36.5. The molecule has 2 N–H and O–H groups in total. The summed E-state index contributed by atoms with van der Waals surface area (Å²) < 4.78 is 0. The summed E-state index contributed by atoms with van der Waals surface area (Å²) in [6.45, 7) is 4.43. The Morgan fingerprint density at radius 2 is 2.10 bits per heavy atom. The first-order valence-electron chi connectivity index (χ1n) is 7.20. The largest absolute Gasteiger partial charge is 0.481 e. The number of nitrogens with one attached hydrogen (secondary N) is 1. The molecule has 1 atom stereocenters. The molecule has 0 saturated carbocycles. The standard InChI is InChI=1S/C14H21N3O4/c1-14(2,13(20)21)9-4-3-7-17(8-9)12(19)10-5-6-11(18)16-15-10/h9H,3-8H2,1-2H3,(H,16,18)(H,20,21). The minimum absolute atomic E-state index is 0.0773. The number of aliphatic carboxylic acids is 1. The van der Waals surface area contributed by atoms with Gasteiger partial charge in [0.15, 0.2) is 0 Å². The molecule has 7 heteroatoms. The van der Waals surface area contributed by atoms with Crippen molar-refractivity contribution in [3.63, 3.8) is 0 Å². The van der Waals surface area contributed by atoms with Crippen LogP contribution in [0, 0.1) is 11.3 Å². The van der Waals surface area contributed by atoms with Gasteiger partial charge < -0.3 is 10.0 Å². The van der Waals surface area contributed by atoms with Gasteiger partial charge in [-0.05, 0) is 32.6 Å². The van der Waals surface area contributed by atoms with Crippen LogP contribution in [-0.4, -0.2) is 46.6 Å². The molecule has 0 bridgehead atoms. The van der Waals surface area contributed by atoms with Crippen LogP contribution in [-0.2, 0) is 14.4 Å². The van der Waals surface area contributed by atoms with Crippen molar-refractivity contribution < 1.29 is 19.5 Å². The molecule has 1 saturated heterocycles. The van der Waals surface area contributed by atoms with E-state index >= 15 is 0 Å². The number of hydrogen-bond acceptors (Lipinski definition) is 4. The van der Waals surface area contributed by atoms with E-state index < -0.39 is 11.4 Å². The lowest BCUT2D eigenvalue weighted by Gasteiger charge is -2.39. The van der Waals surface area contributed by atoms with Crippen LogP contribution in [0.1, 0.15) is 39.5 Å². The summed E-state index contributed by atoms with van der Waals surface area (Å²) in [6, 6.07) is 0. The fourth-order valence-electron chi connectivity index (χ4n) is 2.74. The number of likely N-dealkylation sites (tertiary alicyclic amines) is 1. The summed E-state index contributed by atoms with van der Waals surface area (Å²) in [5, 5.41) is 13.1. The minimum atomic E-state index is -0.860. The SMILES string of the molecule is CC(C)(C(=O)O)C1CCCN(C(=O)C2=NNC(=O)CC2)C1. The highest BCUT2D eigenvalue weighted by Crippen LogP contribution is 2.34. The Hall–Kier alpha value is -1.92. The van der Waals surface area contributed by atoms with Crippen LogP contribution in [0.5, 0.6) is 0 Å². The number of carbonyl (C=O) groups is 3. The van der Waals surface area contributed by atoms with Crippen LogP contribution >= 0.6 is 0 Å². The third-order valence-electron chi connectivity index (χ3n) is 4.43. The van der Waals surface area contributed by atoms with Crippen molar-refractivity contribution in [2.45, 2.75) is 39.5 Å². The fourth-order valence-corrected chi connectivity index (χ4v) is 2.74. The third-order valence-corrected chi connectivity index (χ3v) is 4.43. The van der Waals surface area contributed by atoms with Gasteiger partial charge >= 0.3 is 5.97 Å².